The molecule has 1 aromatic heterocycles. The third kappa shape index (κ3) is 4.12. The minimum absolute atomic E-state index is 0. The molecule has 0 spiro atoms. The van der Waals surface area contributed by atoms with Gasteiger partial charge in [-0.05, 0) is 18.9 Å². The van der Waals surface area contributed by atoms with Crippen molar-refractivity contribution in [3.63, 3.8) is 0 Å². The predicted molar refractivity (Wildman–Crippen MR) is 95.1 cm³/mol. The first-order valence-electron chi connectivity index (χ1n) is 7.30. The second-order valence-corrected chi connectivity index (χ2v) is 7.83. The van der Waals surface area contributed by atoms with Gasteiger partial charge in [-0.2, -0.15) is 0 Å². The number of halogens is 3. The van der Waals surface area contributed by atoms with E-state index in [1.54, 1.807) is 11.0 Å². The molecule has 0 aliphatic carbocycles. The molecule has 5 nitrogen and oxygen atoms in total. The summed E-state index contributed by atoms with van der Waals surface area (Å²) in [6.07, 6.45) is 1.83. The predicted octanol–water partition coefficient (Wildman–Crippen LogP) is 2.51. The van der Waals surface area contributed by atoms with Gasteiger partial charge in [0.25, 0.3) is 5.91 Å². The molecule has 3 rings (SSSR count). The van der Waals surface area contributed by atoms with Crippen molar-refractivity contribution < 1.29 is 9.59 Å². The molecule has 2 aliphatic rings. The summed E-state index contributed by atoms with van der Waals surface area (Å²) < 4.78 is 0.939. The minimum Gasteiger partial charge on any atom is -0.337 e. The highest BCUT2D eigenvalue weighted by molar-refractivity contribution is 7.20. The van der Waals surface area contributed by atoms with E-state index >= 15 is 0 Å². The molecule has 128 valence electrons. The molecule has 2 saturated heterocycles. The van der Waals surface area contributed by atoms with Gasteiger partial charge in [0, 0.05) is 32.2 Å². The van der Waals surface area contributed by atoms with Crippen LogP contribution in [0.3, 0.4) is 0 Å². The Bertz CT molecular complexity index is 596. The molecule has 1 atom stereocenters. The summed E-state index contributed by atoms with van der Waals surface area (Å²) in [6, 6.07) is 1.72. The Balaban J connectivity index is 0.00000192. The Kier molecular flexibility index (Phi) is 6.57. The summed E-state index contributed by atoms with van der Waals surface area (Å²) in [5, 5.41) is 3.07. The Labute approximate surface area is 155 Å². The molecule has 1 aromatic rings. The molecule has 2 fully saturated rings. The van der Waals surface area contributed by atoms with Gasteiger partial charge >= 0.3 is 0 Å². The topological polar surface area (TPSA) is 52.7 Å². The van der Waals surface area contributed by atoms with E-state index in [2.05, 4.69) is 5.32 Å². The SMILES string of the molecule is Cl.O=C(c1cc(Cl)sc1Cl)N1CCCC(N2CCNCC2=O)C1. The molecule has 0 aromatic carbocycles. The largest absolute Gasteiger partial charge is 0.337 e. The Morgan fingerprint density at radius 2 is 2.13 bits per heavy atom. The van der Waals surface area contributed by atoms with Gasteiger partial charge in [0.2, 0.25) is 5.91 Å². The molecule has 2 aliphatic heterocycles. The highest BCUT2D eigenvalue weighted by atomic mass is 35.5. The second kappa shape index (κ2) is 8.03. The van der Waals surface area contributed by atoms with E-state index in [0.717, 1.165) is 19.4 Å². The van der Waals surface area contributed by atoms with Gasteiger partial charge < -0.3 is 15.1 Å². The number of carbonyl (C=O) groups is 2. The molecule has 2 amide bonds. The van der Waals surface area contributed by atoms with Crippen LogP contribution < -0.4 is 5.32 Å². The highest BCUT2D eigenvalue weighted by Crippen LogP contribution is 2.32. The van der Waals surface area contributed by atoms with Crippen molar-refractivity contribution in [3.8, 4) is 0 Å². The van der Waals surface area contributed by atoms with Crippen LogP contribution in [0, 0.1) is 0 Å². The molecule has 9 heteroatoms. The number of nitrogens with zero attached hydrogens (tertiary/aromatic N) is 2. The zero-order valence-corrected chi connectivity index (χ0v) is 15.5. The van der Waals surface area contributed by atoms with Gasteiger partial charge in [0.1, 0.15) is 4.34 Å². The Hall–Kier alpha value is -0.530. The standard InChI is InChI=1S/C14H17Cl2N3O2S.ClH/c15-11-6-10(13(16)22-11)14(21)18-4-1-2-9(8-18)19-5-3-17-7-12(19)20;/h6,9,17H,1-5,7-8H2;1H. The third-order valence-electron chi connectivity index (χ3n) is 4.14. The van der Waals surface area contributed by atoms with Gasteiger partial charge in [-0.25, -0.2) is 0 Å². The number of nitrogens with one attached hydrogen (secondary N) is 1. The van der Waals surface area contributed by atoms with E-state index < -0.39 is 0 Å². The van der Waals surface area contributed by atoms with Crippen molar-refractivity contribution in [1.82, 2.24) is 15.1 Å². The fourth-order valence-corrected chi connectivity index (χ4v) is 4.51. The number of hydrogen-bond acceptors (Lipinski definition) is 4. The number of carbonyl (C=O) groups excluding carboxylic acids is 2. The fraction of sp³-hybridized carbons (Fsp3) is 0.571. The highest BCUT2D eigenvalue weighted by Gasteiger charge is 2.32. The van der Waals surface area contributed by atoms with Crippen LogP contribution in [-0.4, -0.2) is 60.4 Å². The summed E-state index contributed by atoms with van der Waals surface area (Å²) >= 11 is 13.2. The van der Waals surface area contributed by atoms with Gasteiger partial charge in [-0.1, -0.05) is 23.2 Å². The molecule has 0 radical (unpaired) electrons. The van der Waals surface area contributed by atoms with E-state index in [-0.39, 0.29) is 30.3 Å². The summed E-state index contributed by atoms with van der Waals surface area (Å²) in [5.74, 6) is 0.0163. The van der Waals surface area contributed by atoms with Crippen LogP contribution in [0.25, 0.3) is 0 Å². The van der Waals surface area contributed by atoms with E-state index in [9.17, 15) is 9.59 Å². The minimum atomic E-state index is -0.0968. The Morgan fingerprint density at radius 3 is 2.78 bits per heavy atom. The van der Waals surface area contributed by atoms with E-state index in [0.29, 0.717) is 40.4 Å². The molecular weight excluding hydrogens is 381 g/mol. The molecular formula is C14H18Cl3N3O2S. The van der Waals surface area contributed by atoms with Crippen molar-refractivity contribution in [2.75, 3.05) is 32.7 Å². The summed E-state index contributed by atoms with van der Waals surface area (Å²) in [4.78, 5) is 28.3. The zero-order chi connectivity index (χ0) is 15.7. The van der Waals surface area contributed by atoms with Crippen LogP contribution in [0.15, 0.2) is 6.07 Å². The number of rotatable bonds is 2. The van der Waals surface area contributed by atoms with Gasteiger partial charge in [-0.3, -0.25) is 9.59 Å². The lowest BCUT2D eigenvalue weighted by atomic mass is 10.0. The van der Waals surface area contributed by atoms with Crippen LogP contribution in [0.1, 0.15) is 23.2 Å². The maximum atomic E-state index is 12.6. The average Bonchev–Trinajstić information content (AvgIpc) is 2.86. The lowest BCUT2D eigenvalue weighted by Crippen LogP contribution is -2.57. The van der Waals surface area contributed by atoms with E-state index in [1.807, 2.05) is 4.90 Å². The van der Waals surface area contributed by atoms with Crippen molar-refractivity contribution >= 4 is 58.8 Å². The maximum absolute atomic E-state index is 12.6. The first kappa shape index (κ1) is 18.8. The molecule has 23 heavy (non-hydrogen) atoms. The molecule has 3 heterocycles. The normalized spacial score (nSPS) is 22.0. The first-order chi connectivity index (χ1) is 10.6. The van der Waals surface area contributed by atoms with Crippen molar-refractivity contribution in [2.45, 2.75) is 18.9 Å². The van der Waals surface area contributed by atoms with Gasteiger partial charge in [0.05, 0.1) is 16.4 Å². The van der Waals surface area contributed by atoms with Crippen LogP contribution in [-0.2, 0) is 4.79 Å². The third-order valence-corrected chi connectivity index (χ3v) is 5.63. The quantitative estimate of drug-likeness (QED) is 0.833. The first-order valence-corrected chi connectivity index (χ1v) is 8.88. The molecule has 1 unspecified atom stereocenters. The second-order valence-electron chi connectivity index (χ2n) is 5.55. The van der Waals surface area contributed by atoms with Gasteiger partial charge in [-0.15, -0.1) is 23.7 Å². The molecule has 1 N–H and O–H groups in total. The van der Waals surface area contributed by atoms with E-state index in [4.69, 9.17) is 23.2 Å². The van der Waals surface area contributed by atoms with Crippen molar-refractivity contribution in [1.29, 1.82) is 0 Å². The Morgan fingerprint density at radius 1 is 1.35 bits per heavy atom. The van der Waals surface area contributed by atoms with Crippen LogP contribution in [0.2, 0.25) is 8.67 Å². The van der Waals surface area contributed by atoms with Crippen LogP contribution >= 0.6 is 46.9 Å². The van der Waals surface area contributed by atoms with E-state index in [1.165, 1.54) is 11.3 Å². The fourth-order valence-electron chi connectivity index (χ4n) is 3.06. The summed E-state index contributed by atoms with van der Waals surface area (Å²) in [5.41, 5.74) is 0.462. The van der Waals surface area contributed by atoms with Gasteiger partial charge in [0.15, 0.2) is 0 Å². The number of piperazine rings is 1. The number of hydrogen-bond donors (Lipinski definition) is 1. The lowest BCUT2D eigenvalue weighted by Gasteiger charge is -2.41. The summed E-state index contributed by atoms with van der Waals surface area (Å²) in [7, 11) is 0. The number of likely N-dealkylation sites (tertiary alicyclic amines) is 1. The zero-order valence-electron chi connectivity index (χ0n) is 12.4. The number of thiophene rings is 1. The average molecular weight is 399 g/mol. The van der Waals surface area contributed by atoms with Crippen molar-refractivity contribution in [2.24, 2.45) is 0 Å². The molecule has 0 saturated carbocycles. The lowest BCUT2D eigenvalue weighted by molar-refractivity contribution is -0.135. The number of piperidine rings is 1. The van der Waals surface area contributed by atoms with Crippen LogP contribution in [0.4, 0.5) is 0 Å². The maximum Gasteiger partial charge on any atom is 0.256 e. The number of amides is 2. The smallest absolute Gasteiger partial charge is 0.256 e. The van der Waals surface area contributed by atoms with Crippen LogP contribution in [0.5, 0.6) is 0 Å². The molecule has 0 bridgehead atoms. The monoisotopic (exact) mass is 397 g/mol. The summed E-state index contributed by atoms with van der Waals surface area (Å²) in [6.45, 7) is 3.16. The van der Waals surface area contributed by atoms with Crippen molar-refractivity contribution in [3.05, 3.63) is 20.3 Å².